The van der Waals surface area contributed by atoms with E-state index in [-0.39, 0.29) is 5.41 Å². The highest BCUT2D eigenvalue weighted by molar-refractivity contribution is 5.89. The van der Waals surface area contributed by atoms with Gasteiger partial charge in [0.25, 0.3) is 0 Å². The highest BCUT2D eigenvalue weighted by Gasteiger charge is 2.35. The van der Waals surface area contributed by atoms with Gasteiger partial charge in [-0.15, -0.1) is 0 Å². The first-order chi connectivity index (χ1) is 18.1. The Kier molecular flexibility index (Phi) is 4.91. The number of hydrogen-bond donors (Lipinski definition) is 0. The molecule has 0 atom stereocenters. The van der Waals surface area contributed by atoms with Crippen molar-refractivity contribution in [1.82, 2.24) is 0 Å². The molecule has 0 saturated heterocycles. The molecule has 0 spiro atoms. The Labute approximate surface area is 218 Å². The Hall–Kier alpha value is -4.42. The first-order valence-corrected chi connectivity index (χ1v) is 13.0. The quantitative estimate of drug-likeness (QED) is 0.240. The lowest BCUT2D eigenvalue weighted by Crippen LogP contribution is -2.15. The van der Waals surface area contributed by atoms with E-state index in [0.29, 0.717) is 0 Å². The van der Waals surface area contributed by atoms with Crippen LogP contribution in [0, 0.1) is 0 Å². The van der Waals surface area contributed by atoms with Crippen LogP contribution in [0.1, 0.15) is 25.0 Å². The summed E-state index contributed by atoms with van der Waals surface area (Å²) in [5.74, 6) is 0. The van der Waals surface area contributed by atoms with Gasteiger partial charge in [0, 0.05) is 5.41 Å². The number of rotatable bonds is 3. The van der Waals surface area contributed by atoms with Crippen molar-refractivity contribution in [3.05, 3.63) is 145 Å². The first kappa shape index (κ1) is 21.8. The largest absolute Gasteiger partial charge is 0.0622 e. The number of fused-ring (bicyclic) bond motifs is 4. The topological polar surface area (TPSA) is 0 Å². The molecule has 0 amide bonds. The zero-order valence-electron chi connectivity index (χ0n) is 21.2. The second-order valence-electron chi connectivity index (χ2n) is 10.7. The molecule has 6 aromatic rings. The minimum absolute atomic E-state index is 0.0541. The lowest BCUT2D eigenvalue weighted by Gasteiger charge is -2.22. The molecule has 0 bridgehead atoms. The van der Waals surface area contributed by atoms with Crippen LogP contribution >= 0.6 is 0 Å². The summed E-state index contributed by atoms with van der Waals surface area (Å²) < 4.78 is 0. The SMILES string of the molecule is CC1(C)c2cc(-c3ccccc3)ccc2-c2ccc(-c3cccc(-c4ccc5ccccc5c4)c3)cc21. The van der Waals surface area contributed by atoms with E-state index in [2.05, 4.69) is 147 Å². The van der Waals surface area contributed by atoms with Crippen LogP contribution in [0.4, 0.5) is 0 Å². The van der Waals surface area contributed by atoms with E-state index in [9.17, 15) is 0 Å². The van der Waals surface area contributed by atoms with Gasteiger partial charge in [-0.2, -0.15) is 0 Å². The lowest BCUT2D eigenvalue weighted by atomic mass is 9.80. The van der Waals surface area contributed by atoms with Crippen molar-refractivity contribution in [3.8, 4) is 44.5 Å². The molecule has 7 rings (SSSR count). The summed E-state index contributed by atoms with van der Waals surface area (Å²) in [5, 5.41) is 2.55. The van der Waals surface area contributed by atoms with E-state index < -0.39 is 0 Å². The molecule has 0 heteroatoms. The Balaban J connectivity index is 1.28. The second-order valence-corrected chi connectivity index (χ2v) is 10.7. The molecular formula is C37H28. The number of benzene rings is 6. The Morgan fingerprint density at radius 2 is 0.838 bits per heavy atom. The zero-order valence-corrected chi connectivity index (χ0v) is 21.2. The Morgan fingerprint density at radius 1 is 0.351 bits per heavy atom. The maximum atomic E-state index is 2.41. The van der Waals surface area contributed by atoms with E-state index in [1.807, 2.05) is 0 Å². The molecule has 37 heavy (non-hydrogen) atoms. The van der Waals surface area contributed by atoms with Crippen molar-refractivity contribution < 1.29 is 0 Å². The molecule has 0 radical (unpaired) electrons. The molecule has 0 aliphatic heterocycles. The average molecular weight is 473 g/mol. The van der Waals surface area contributed by atoms with Crippen molar-refractivity contribution in [2.24, 2.45) is 0 Å². The molecule has 1 aliphatic carbocycles. The molecule has 0 heterocycles. The molecule has 0 aromatic heterocycles. The summed E-state index contributed by atoms with van der Waals surface area (Å²) in [6, 6.07) is 48.9. The predicted molar refractivity (Wildman–Crippen MR) is 158 cm³/mol. The van der Waals surface area contributed by atoms with Gasteiger partial charge < -0.3 is 0 Å². The van der Waals surface area contributed by atoms with E-state index in [1.165, 1.54) is 66.4 Å². The fourth-order valence-corrected chi connectivity index (χ4v) is 5.97. The van der Waals surface area contributed by atoms with E-state index in [1.54, 1.807) is 0 Å². The summed E-state index contributed by atoms with van der Waals surface area (Å²) >= 11 is 0. The van der Waals surface area contributed by atoms with Crippen LogP contribution in [0.2, 0.25) is 0 Å². The van der Waals surface area contributed by atoms with Crippen molar-refractivity contribution in [3.63, 3.8) is 0 Å². The van der Waals surface area contributed by atoms with Gasteiger partial charge in [-0.25, -0.2) is 0 Å². The molecule has 0 saturated carbocycles. The fraction of sp³-hybridized carbons (Fsp3) is 0.0811. The molecular weight excluding hydrogens is 444 g/mol. The lowest BCUT2D eigenvalue weighted by molar-refractivity contribution is 0.661. The second kappa shape index (κ2) is 8.32. The minimum Gasteiger partial charge on any atom is -0.0622 e. The van der Waals surface area contributed by atoms with Crippen LogP contribution in [0.25, 0.3) is 55.3 Å². The third-order valence-electron chi connectivity index (χ3n) is 8.06. The first-order valence-electron chi connectivity index (χ1n) is 13.0. The third kappa shape index (κ3) is 3.60. The van der Waals surface area contributed by atoms with Crippen molar-refractivity contribution >= 4 is 10.8 Å². The minimum atomic E-state index is -0.0541. The van der Waals surface area contributed by atoms with Crippen molar-refractivity contribution in [2.75, 3.05) is 0 Å². The number of hydrogen-bond acceptors (Lipinski definition) is 0. The van der Waals surface area contributed by atoms with Crippen molar-refractivity contribution in [2.45, 2.75) is 19.3 Å². The Bertz CT molecular complexity index is 1790. The maximum absolute atomic E-state index is 2.41. The van der Waals surface area contributed by atoms with E-state index in [0.717, 1.165) is 0 Å². The van der Waals surface area contributed by atoms with Gasteiger partial charge in [-0.1, -0.05) is 123 Å². The highest BCUT2D eigenvalue weighted by atomic mass is 14.4. The zero-order chi connectivity index (χ0) is 25.0. The van der Waals surface area contributed by atoms with E-state index >= 15 is 0 Å². The van der Waals surface area contributed by atoms with Gasteiger partial charge in [0.2, 0.25) is 0 Å². The van der Waals surface area contributed by atoms with Gasteiger partial charge in [0.05, 0.1) is 0 Å². The summed E-state index contributed by atoms with van der Waals surface area (Å²) in [7, 11) is 0. The van der Waals surface area contributed by atoms with Gasteiger partial charge in [-0.3, -0.25) is 0 Å². The molecule has 0 nitrogen and oxygen atoms in total. The van der Waals surface area contributed by atoms with Gasteiger partial charge >= 0.3 is 0 Å². The van der Waals surface area contributed by atoms with E-state index in [4.69, 9.17) is 0 Å². The van der Waals surface area contributed by atoms with Crippen LogP contribution in [0.5, 0.6) is 0 Å². The summed E-state index contributed by atoms with van der Waals surface area (Å²) in [6.07, 6.45) is 0. The molecule has 0 unspecified atom stereocenters. The summed E-state index contributed by atoms with van der Waals surface area (Å²) in [5.41, 5.74) is 13.0. The van der Waals surface area contributed by atoms with Gasteiger partial charge in [0.15, 0.2) is 0 Å². The smallest absolute Gasteiger partial charge is 0.0159 e. The fourth-order valence-electron chi connectivity index (χ4n) is 5.97. The van der Waals surface area contributed by atoms with Gasteiger partial charge in [0.1, 0.15) is 0 Å². The normalized spacial score (nSPS) is 13.4. The molecule has 1 aliphatic rings. The molecule has 0 fully saturated rings. The van der Waals surface area contributed by atoms with Crippen LogP contribution in [-0.4, -0.2) is 0 Å². The molecule has 176 valence electrons. The summed E-state index contributed by atoms with van der Waals surface area (Å²) in [6.45, 7) is 4.73. The summed E-state index contributed by atoms with van der Waals surface area (Å²) in [4.78, 5) is 0. The third-order valence-corrected chi connectivity index (χ3v) is 8.06. The average Bonchev–Trinajstić information content (AvgIpc) is 3.19. The molecule has 6 aromatic carbocycles. The van der Waals surface area contributed by atoms with Crippen LogP contribution < -0.4 is 0 Å². The van der Waals surface area contributed by atoms with Crippen LogP contribution in [-0.2, 0) is 5.41 Å². The predicted octanol–water partition coefficient (Wildman–Crippen LogP) is 10.1. The standard InChI is InChI=1S/C37H28/c1-37(2)35-23-31(25-9-4-3-5-10-25)17-19-33(35)34-20-18-32(24-36(34)37)29-14-8-13-28(22-29)30-16-15-26-11-6-7-12-27(26)21-30/h3-24H,1-2H3. The van der Waals surface area contributed by atoms with Gasteiger partial charge in [-0.05, 0) is 90.7 Å². The monoisotopic (exact) mass is 472 g/mol. The molecule has 0 N–H and O–H groups in total. The van der Waals surface area contributed by atoms with Crippen LogP contribution in [0.3, 0.4) is 0 Å². The highest BCUT2D eigenvalue weighted by Crippen LogP contribution is 2.50. The maximum Gasteiger partial charge on any atom is 0.0159 e. The Morgan fingerprint density at radius 3 is 1.51 bits per heavy atom. The van der Waals surface area contributed by atoms with Crippen molar-refractivity contribution in [1.29, 1.82) is 0 Å². The van der Waals surface area contributed by atoms with Crippen LogP contribution in [0.15, 0.2) is 133 Å².